The Morgan fingerprint density at radius 1 is 1.57 bits per heavy atom. The summed E-state index contributed by atoms with van der Waals surface area (Å²) in [5.41, 5.74) is 11.7. The van der Waals surface area contributed by atoms with E-state index in [0.29, 0.717) is 36.8 Å². The van der Waals surface area contributed by atoms with Gasteiger partial charge in [-0.15, -0.1) is 0 Å². The molecule has 1 aliphatic rings. The minimum Gasteiger partial charge on any atom is -0.396 e. The summed E-state index contributed by atoms with van der Waals surface area (Å²) in [6.45, 7) is 0.867. The van der Waals surface area contributed by atoms with Crippen LogP contribution in [0.2, 0.25) is 0 Å². The first-order valence-corrected chi connectivity index (χ1v) is 6.78. The number of pyridine rings is 1. The second kappa shape index (κ2) is 6.15. The number of nitrogens with zero attached hydrogens (tertiary/aromatic N) is 3. The summed E-state index contributed by atoms with van der Waals surface area (Å²) in [4.78, 5) is 19.4. The summed E-state index contributed by atoms with van der Waals surface area (Å²) < 4.78 is 0. The molecule has 8 heteroatoms. The maximum atomic E-state index is 11.5. The van der Waals surface area contributed by atoms with E-state index in [2.05, 4.69) is 4.98 Å². The summed E-state index contributed by atoms with van der Waals surface area (Å²) in [6, 6.07) is 2.60. The van der Waals surface area contributed by atoms with Crippen molar-refractivity contribution in [2.24, 2.45) is 5.73 Å². The summed E-state index contributed by atoms with van der Waals surface area (Å²) in [7, 11) is 1.77. The molecule has 2 atom stereocenters. The van der Waals surface area contributed by atoms with Crippen LogP contribution in [-0.4, -0.2) is 60.0 Å². The summed E-state index contributed by atoms with van der Waals surface area (Å²) >= 11 is 0. The Morgan fingerprint density at radius 3 is 2.90 bits per heavy atom. The van der Waals surface area contributed by atoms with Crippen LogP contribution in [0.1, 0.15) is 6.42 Å². The molecular formula is C13H21N5O3. The van der Waals surface area contributed by atoms with Crippen LogP contribution in [0.15, 0.2) is 12.1 Å². The van der Waals surface area contributed by atoms with Gasteiger partial charge < -0.3 is 31.5 Å². The van der Waals surface area contributed by atoms with E-state index in [0.717, 1.165) is 0 Å². The number of carbonyl (C=O) groups is 1. The number of hydrogen-bond donors (Lipinski definition) is 4. The highest BCUT2D eigenvalue weighted by Crippen LogP contribution is 2.28. The van der Waals surface area contributed by atoms with Crippen LogP contribution in [0.4, 0.5) is 17.3 Å². The fraction of sp³-hybridized carbons (Fsp3) is 0.538. The molecule has 1 aliphatic heterocycles. The molecule has 0 bridgehead atoms. The van der Waals surface area contributed by atoms with E-state index in [1.807, 2.05) is 0 Å². The van der Waals surface area contributed by atoms with E-state index < -0.39 is 18.1 Å². The number of anilines is 3. The Hall–Kier alpha value is -2.06. The van der Waals surface area contributed by atoms with Crippen LogP contribution in [-0.2, 0) is 4.79 Å². The number of nitrogens with two attached hydrogens (primary N) is 2. The molecule has 6 N–H and O–H groups in total. The first kappa shape index (κ1) is 15.3. The Kier molecular flexibility index (Phi) is 4.49. The number of aromatic nitrogens is 1. The van der Waals surface area contributed by atoms with Crippen LogP contribution in [0.5, 0.6) is 0 Å². The van der Waals surface area contributed by atoms with Gasteiger partial charge in [-0.1, -0.05) is 0 Å². The smallest absolute Gasteiger partial charge is 0.242 e. The van der Waals surface area contributed by atoms with Gasteiger partial charge in [0.05, 0.1) is 18.4 Å². The van der Waals surface area contributed by atoms with E-state index in [1.54, 1.807) is 29.0 Å². The van der Waals surface area contributed by atoms with E-state index >= 15 is 0 Å². The zero-order valence-electron chi connectivity index (χ0n) is 11.9. The predicted octanol–water partition coefficient (Wildman–Crippen LogP) is -1.48. The third kappa shape index (κ3) is 3.01. The van der Waals surface area contributed by atoms with Crippen molar-refractivity contribution in [2.45, 2.75) is 18.6 Å². The second-order valence-corrected chi connectivity index (χ2v) is 5.12. The van der Waals surface area contributed by atoms with E-state index in [9.17, 15) is 9.90 Å². The highest BCUT2D eigenvalue weighted by molar-refractivity contribution is 5.85. The zero-order chi connectivity index (χ0) is 15.6. The average Bonchev–Trinajstić information content (AvgIpc) is 2.81. The number of hydrogen-bond acceptors (Lipinski definition) is 7. The molecule has 8 nitrogen and oxygen atoms in total. The van der Waals surface area contributed by atoms with Crippen LogP contribution < -0.4 is 21.3 Å². The predicted molar refractivity (Wildman–Crippen MR) is 80.0 cm³/mol. The minimum atomic E-state index is -0.791. The number of rotatable bonds is 5. The van der Waals surface area contributed by atoms with E-state index in [-0.39, 0.29) is 6.61 Å². The number of likely N-dealkylation sites (N-methyl/N-ethyl adjacent to an activating group) is 1. The van der Waals surface area contributed by atoms with Crippen molar-refractivity contribution < 1.29 is 15.0 Å². The lowest BCUT2D eigenvalue weighted by Gasteiger charge is -2.26. The number of carbonyl (C=O) groups excluding carboxylic acids is 1. The molecule has 0 radical (unpaired) electrons. The number of primary amides is 1. The molecule has 0 spiro atoms. The summed E-state index contributed by atoms with van der Waals surface area (Å²) in [6.07, 6.45) is -0.331. The number of nitrogen functional groups attached to an aromatic ring is 1. The Balaban J connectivity index is 2.32. The average molecular weight is 295 g/mol. The number of aliphatic hydroxyl groups excluding tert-OH is 2. The van der Waals surface area contributed by atoms with Crippen molar-refractivity contribution in [1.82, 2.24) is 4.98 Å². The lowest BCUT2D eigenvalue weighted by molar-refractivity contribution is -0.120. The van der Waals surface area contributed by atoms with Crippen LogP contribution in [0.25, 0.3) is 0 Å². The van der Waals surface area contributed by atoms with Crippen molar-refractivity contribution in [3.05, 3.63) is 12.1 Å². The molecular weight excluding hydrogens is 274 g/mol. The van der Waals surface area contributed by atoms with E-state index in [1.165, 1.54) is 0 Å². The summed E-state index contributed by atoms with van der Waals surface area (Å²) in [5, 5.41) is 18.9. The molecule has 1 aromatic rings. The number of amides is 1. The largest absolute Gasteiger partial charge is 0.396 e. The van der Waals surface area contributed by atoms with Crippen LogP contribution in [0.3, 0.4) is 0 Å². The monoisotopic (exact) mass is 295 g/mol. The second-order valence-electron chi connectivity index (χ2n) is 5.12. The zero-order valence-corrected chi connectivity index (χ0v) is 11.9. The molecule has 0 saturated carbocycles. The Morgan fingerprint density at radius 2 is 2.29 bits per heavy atom. The standard InChI is InChI=1S/C13H21N5O3/c1-17(6-7-19)13-8(14)2-3-10(16-13)18-5-4-9(20)11(18)12(15)21/h2-3,9,11,19-20H,4-7,14H2,1H3,(H2,15,21). The first-order chi connectivity index (χ1) is 9.95. The third-order valence-corrected chi connectivity index (χ3v) is 3.64. The van der Waals surface area contributed by atoms with Gasteiger partial charge in [-0.25, -0.2) is 4.98 Å². The van der Waals surface area contributed by atoms with Gasteiger partial charge in [0.2, 0.25) is 5.91 Å². The molecule has 1 saturated heterocycles. The lowest BCUT2D eigenvalue weighted by atomic mass is 10.1. The maximum absolute atomic E-state index is 11.5. The van der Waals surface area contributed by atoms with Crippen molar-refractivity contribution in [2.75, 3.05) is 42.3 Å². The SMILES string of the molecule is CN(CCO)c1nc(N2CCC(O)C2C(N)=O)ccc1N. The van der Waals surface area contributed by atoms with Crippen molar-refractivity contribution in [1.29, 1.82) is 0 Å². The van der Waals surface area contributed by atoms with Gasteiger partial charge in [0.1, 0.15) is 11.9 Å². The molecule has 0 aliphatic carbocycles. The molecule has 2 rings (SSSR count). The highest BCUT2D eigenvalue weighted by Gasteiger charge is 2.38. The lowest BCUT2D eigenvalue weighted by Crippen LogP contribution is -2.46. The van der Waals surface area contributed by atoms with E-state index in [4.69, 9.17) is 16.6 Å². The fourth-order valence-electron chi connectivity index (χ4n) is 2.55. The molecule has 2 heterocycles. The molecule has 2 unspecified atom stereocenters. The van der Waals surface area contributed by atoms with Gasteiger partial charge in [0, 0.05) is 20.1 Å². The number of aliphatic hydroxyl groups is 2. The molecule has 1 aromatic heterocycles. The molecule has 1 amide bonds. The van der Waals surface area contributed by atoms with Gasteiger partial charge in [0.15, 0.2) is 5.82 Å². The topological polar surface area (TPSA) is 129 Å². The van der Waals surface area contributed by atoms with Crippen molar-refractivity contribution in [3.63, 3.8) is 0 Å². The maximum Gasteiger partial charge on any atom is 0.242 e. The van der Waals surface area contributed by atoms with Crippen LogP contribution in [0, 0.1) is 0 Å². The molecule has 0 aromatic carbocycles. The first-order valence-electron chi connectivity index (χ1n) is 6.78. The quantitative estimate of drug-likeness (QED) is 0.521. The molecule has 21 heavy (non-hydrogen) atoms. The van der Waals surface area contributed by atoms with Gasteiger partial charge in [-0.05, 0) is 18.6 Å². The molecule has 116 valence electrons. The van der Waals surface area contributed by atoms with Gasteiger partial charge in [-0.3, -0.25) is 4.79 Å². The third-order valence-electron chi connectivity index (χ3n) is 3.64. The van der Waals surface area contributed by atoms with Gasteiger partial charge in [-0.2, -0.15) is 0 Å². The Bertz CT molecular complexity index is 525. The van der Waals surface area contributed by atoms with Crippen molar-refractivity contribution >= 4 is 23.2 Å². The normalized spacial score (nSPS) is 21.6. The molecule has 1 fully saturated rings. The Labute approximate surface area is 123 Å². The fourth-order valence-corrected chi connectivity index (χ4v) is 2.55. The highest BCUT2D eigenvalue weighted by atomic mass is 16.3. The van der Waals surface area contributed by atoms with Gasteiger partial charge in [0.25, 0.3) is 0 Å². The summed E-state index contributed by atoms with van der Waals surface area (Å²) in [5.74, 6) is 0.472. The van der Waals surface area contributed by atoms with Crippen molar-refractivity contribution in [3.8, 4) is 0 Å². The van der Waals surface area contributed by atoms with Crippen LogP contribution >= 0.6 is 0 Å². The van der Waals surface area contributed by atoms with Gasteiger partial charge >= 0.3 is 0 Å². The minimum absolute atomic E-state index is 0.0197.